The fourth-order valence-electron chi connectivity index (χ4n) is 3.38. The van der Waals surface area contributed by atoms with Crippen molar-refractivity contribution in [3.8, 4) is 0 Å². The molecule has 150 valence electrons. The number of aromatic nitrogens is 3. The van der Waals surface area contributed by atoms with E-state index in [1.165, 1.54) is 4.90 Å². The first-order valence-corrected chi connectivity index (χ1v) is 9.52. The maximum Gasteiger partial charge on any atom is 0.259 e. The van der Waals surface area contributed by atoms with Gasteiger partial charge in [0.1, 0.15) is 17.5 Å². The second-order valence-corrected chi connectivity index (χ2v) is 7.13. The molecule has 1 amide bonds. The number of carbonyl (C=O) groups excluding carboxylic acids is 1. The summed E-state index contributed by atoms with van der Waals surface area (Å²) in [5.74, 6) is 1.40. The lowest BCUT2D eigenvalue weighted by Crippen LogP contribution is -2.26. The standard InChI is InChI=1S/C23H22N6O/c1-28-19-11-10-17(23(30)29(2)20-5-3-4-12-26-20)14-18(19)27-21(28)13-15-6-8-16(9-7-15)22(24)25/h3-12,14H,13H2,1-2H3,(H3,24,25). The monoisotopic (exact) mass is 398 g/mol. The summed E-state index contributed by atoms with van der Waals surface area (Å²) >= 11 is 0. The second kappa shape index (κ2) is 7.79. The molecule has 0 aliphatic rings. The molecular weight excluding hydrogens is 376 g/mol. The van der Waals surface area contributed by atoms with Crippen molar-refractivity contribution in [2.24, 2.45) is 12.8 Å². The summed E-state index contributed by atoms with van der Waals surface area (Å²) in [6, 6.07) is 18.6. The average molecular weight is 398 g/mol. The van der Waals surface area contributed by atoms with Crippen LogP contribution < -0.4 is 10.6 Å². The van der Waals surface area contributed by atoms with Gasteiger partial charge >= 0.3 is 0 Å². The summed E-state index contributed by atoms with van der Waals surface area (Å²) in [7, 11) is 3.68. The van der Waals surface area contributed by atoms with Gasteiger partial charge in [0.25, 0.3) is 5.91 Å². The number of aryl methyl sites for hydroxylation is 1. The lowest BCUT2D eigenvalue weighted by molar-refractivity contribution is 0.0992. The van der Waals surface area contributed by atoms with Gasteiger partial charge in [-0.05, 0) is 35.9 Å². The Morgan fingerprint density at radius 1 is 1.10 bits per heavy atom. The third kappa shape index (κ3) is 3.65. The summed E-state index contributed by atoms with van der Waals surface area (Å²) in [4.78, 5) is 23.4. The highest BCUT2D eigenvalue weighted by Crippen LogP contribution is 2.21. The molecule has 7 heteroatoms. The minimum atomic E-state index is -0.136. The lowest BCUT2D eigenvalue weighted by atomic mass is 10.1. The van der Waals surface area contributed by atoms with E-state index in [0.29, 0.717) is 23.4 Å². The quantitative estimate of drug-likeness (QED) is 0.398. The third-order valence-corrected chi connectivity index (χ3v) is 5.15. The topological polar surface area (TPSA) is 101 Å². The van der Waals surface area contributed by atoms with E-state index < -0.39 is 0 Å². The highest BCUT2D eigenvalue weighted by atomic mass is 16.2. The number of amidine groups is 1. The normalized spacial score (nSPS) is 10.9. The highest BCUT2D eigenvalue weighted by molar-refractivity contribution is 6.06. The number of carbonyl (C=O) groups is 1. The first kappa shape index (κ1) is 19.3. The molecule has 3 N–H and O–H groups in total. The Morgan fingerprint density at radius 2 is 1.83 bits per heavy atom. The van der Waals surface area contributed by atoms with Gasteiger partial charge in [0, 0.05) is 37.8 Å². The molecule has 0 fully saturated rings. The molecule has 4 aromatic rings. The van der Waals surface area contributed by atoms with E-state index in [-0.39, 0.29) is 11.7 Å². The fraction of sp³-hybridized carbons (Fsp3) is 0.130. The molecular formula is C23H22N6O. The molecule has 30 heavy (non-hydrogen) atoms. The number of hydrogen-bond donors (Lipinski definition) is 2. The number of amides is 1. The van der Waals surface area contributed by atoms with Crippen LogP contribution in [0.3, 0.4) is 0 Å². The molecule has 0 saturated heterocycles. The van der Waals surface area contributed by atoms with Crippen molar-refractivity contribution < 1.29 is 4.79 Å². The maximum absolute atomic E-state index is 12.9. The van der Waals surface area contributed by atoms with Crippen LogP contribution in [-0.2, 0) is 13.5 Å². The zero-order valence-electron chi connectivity index (χ0n) is 16.8. The van der Waals surface area contributed by atoms with Gasteiger partial charge < -0.3 is 10.3 Å². The van der Waals surface area contributed by atoms with E-state index in [0.717, 1.165) is 22.4 Å². The summed E-state index contributed by atoms with van der Waals surface area (Å²) in [6.07, 6.45) is 2.30. The van der Waals surface area contributed by atoms with Crippen molar-refractivity contribution in [1.82, 2.24) is 14.5 Å². The van der Waals surface area contributed by atoms with Crippen molar-refractivity contribution in [3.05, 3.63) is 89.4 Å². The minimum Gasteiger partial charge on any atom is -0.384 e. The van der Waals surface area contributed by atoms with Crippen molar-refractivity contribution in [3.63, 3.8) is 0 Å². The van der Waals surface area contributed by atoms with Gasteiger partial charge in [0.2, 0.25) is 0 Å². The Hall–Kier alpha value is -4.00. The fourth-order valence-corrected chi connectivity index (χ4v) is 3.38. The molecule has 0 aliphatic carbocycles. The van der Waals surface area contributed by atoms with Gasteiger partial charge in [-0.3, -0.25) is 15.1 Å². The Labute approximate surface area is 174 Å². The summed E-state index contributed by atoms with van der Waals surface area (Å²) < 4.78 is 2.03. The van der Waals surface area contributed by atoms with Crippen LogP contribution in [0.4, 0.5) is 5.82 Å². The molecule has 0 bridgehead atoms. The number of nitrogens with zero attached hydrogens (tertiary/aromatic N) is 4. The van der Waals surface area contributed by atoms with Crippen LogP contribution in [0.2, 0.25) is 0 Å². The predicted octanol–water partition coefficient (Wildman–Crippen LogP) is 3.12. The Kier molecular flexibility index (Phi) is 5.02. The number of nitrogens with one attached hydrogen (secondary N) is 1. The molecule has 0 aliphatic heterocycles. The Bertz CT molecular complexity index is 1230. The molecule has 7 nitrogen and oxygen atoms in total. The zero-order valence-corrected chi connectivity index (χ0v) is 16.8. The molecule has 0 spiro atoms. The number of hydrogen-bond acceptors (Lipinski definition) is 4. The van der Waals surface area contributed by atoms with Gasteiger partial charge in [-0.1, -0.05) is 30.3 Å². The van der Waals surface area contributed by atoms with Crippen LogP contribution in [0, 0.1) is 5.41 Å². The van der Waals surface area contributed by atoms with Crippen LogP contribution in [0.25, 0.3) is 11.0 Å². The van der Waals surface area contributed by atoms with E-state index in [1.807, 2.05) is 66.2 Å². The number of fused-ring (bicyclic) bond motifs is 1. The predicted molar refractivity (Wildman–Crippen MR) is 118 cm³/mol. The number of anilines is 1. The van der Waals surface area contributed by atoms with Crippen molar-refractivity contribution in [1.29, 1.82) is 5.41 Å². The number of rotatable bonds is 5. The molecule has 2 aromatic heterocycles. The van der Waals surface area contributed by atoms with Crippen molar-refractivity contribution in [2.45, 2.75) is 6.42 Å². The minimum absolute atomic E-state index is 0.0529. The number of nitrogen functional groups attached to an aromatic ring is 1. The van der Waals surface area contributed by atoms with Crippen molar-refractivity contribution in [2.75, 3.05) is 11.9 Å². The zero-order chi connectivity index (χ0) is 21.3. The van der Waals surface area contributed by atoms with E-state index in [1.54, 1.807) is 19.3 Å². The second-order valence-electron chi connectivity index (χ2n) is 7.13. The molecule has 0 atom stereocenters. The van der Waals surface area contributed by atoms with Crippen LogP contribution >= 0.6 is 0 Å². The number of imidazole rings is 1. The van der Waals surface area contributed by atoms with Crippen molar-refractivity contribution >= 4 is 28.6 Å². The van der Waals surface area contributed by atoms with Crippen LogP contribution in [0.5, 0.6) is 0 Å². The third-order valence-electron chi connectivity index (χ3n) is 5.15. The summed E-state index contributed by atoms with van der Waals surface area (Å²) in [6.45, 7) is 0. The number of benzene rings is 2. The smallest absolute Gasteiger partial charge is 0.259 e. The SMILES string of the molecule is CN(C(=O)c1ccc2c(c1)nc(Cc1ccc(C(=N)N)cc1)n2C)c1ccccn1. The van der Waals surface area contributed by atoms with Crippen LogP contribution in [-0.4, -0.2) is 33.3 Å². The molecule has 2 aromatic carbocycles. The van der Waals surface area contributed by atoms with Gasteiger partial charge in [-0.25, -0.2) is 9.97 Å². The van der Waals surface area contributed by atoms with Gasteiger partial charge in [-0.15, -0.1) is 0 Å². The van der Waals surface area contributed by atoms with E-state index >= 15 is 0 Å². The van der Waals surface area contributed by atoms with Gasteiger partial charge in [0.05, 0.1) is 11.0 Å². The van der Waals surface area contributed by atoms with Gasteiger partial charge in [-0.2, -0.15) is 0 Å². The molecule has 0 saturated carbocycles. The summed E-state index contributed by atoms with van der Waals surface area (Å²) in [5, 5.41) is 7.50. The molecule has 0 radical (unpaired) electrons. The van der Waals surface area contributed by atoms with Crippen LogP contribution in [0.15, 0.2) is 66.9 Å². The summed E-state index contributed by atoms with van der Waals surface area (Å²) in [5.41, 5.74) is 9.59. The molecule has 0 unspecified atom stereocenters. The first-order valence-electron chi connectivity index (χ1n) is 9.52. The number of nitrogens with two attached hydrogens (primary N) is 1. The largest absolute Gasteiger partial charge is 0.384 e. The molecule has 4 rings (SSSR count). The van der Waals surface area contributed by atoms with E-state index in [9.17, 15) is 4.79 Å². The van der Waals surface area contributed by atoms with E-state index in [4.69, 9.17) is 16.1 Å². The average Bonchev–Trinajstić information content (AvgIpc) is 3.08. The van der Waals surface area contributed by atoms with Gasteiger partial charge in [0.15, 0.2) is 0 Å². The molecule has 2 heterocycles. The Balaban J connectivity index is 1.61. The first-order chi connectivity index (χ1) is 14.4. The van der Waals surface area contributed by atoms with E-state index in [2.05, 4.69) is 4.98 Å². The maximum atomic E-state index is 12.9. The van der Waals surface area contributed by atoms with Crippen LogP contribution in [0.1, 0.15) is 27.3 Å². The Morgan fingerprint density at radius 3 is 2.50 bits per heavy atom. The lowest BCUT2D eigenvalue weighted by Gasteiger charge is -2.15. The highest BCUT2D eigenvalue weighted by Gasteiger charge is 2.17. The number of pyridine rings is 1.